The molecule has 25 heavy (non-hydrogen) atoms. The normalized spacial score (nSPS) is 11.2. The van der Waals surface area contributed by atoms with E-state index in [4.69, 9.17) is 11.6 Å². The number of hydrogen-bond donors (Lipinski definition) is 1. The summed E-state index contributed by atoms with van der Waals surface area (Å²) in [6.45, 7) is 1.39. The quantitative estimate of drug-likeness (QED) is 0.752. The van der Waals surface area contributed by atoms with E-state index in [0.717, 1.165) is 15.5 Å². The first-order chi connectivity index (χ1) is 11.7. The van der Waals surface area contributed by atoms with E-state index in [1.165, 1.54) is 0 Å². The van der Waals surface area contributed by atoms with Crippen LogP contribution < -0.4 is 9.62 Å². The lowest BCUT2D eigenvalue weighted by atomic mass is 10.2. The number of anilines is 2. The molecule has 0 fully saturated rings. The first kappa shape index (κ1) is 19.6. The predicted molar refractivity (Wildman–Crippen MR) is 105 cm³/mol. The largest absolute Gasteiger partial charge is 0.324 e. The van der Waals surface area contributed by atoms with Gasteiger partial charge in [-0.1, -0.05) is 23.7 Å². The first-order valence-electron chi connectivity index (χ1n) is 7.39. The lowest BCUT2D eigenvalue weighted by Crippen LogP contribution is -2.37. The molecule has 0 radical (unpaired) electrons. The maximum Gasteiger partial charge on any atom is 0.245 e. The minimum absolute atomic E-state index is 0.330. The van der Waals surface area contributed by atoms with E-state index in [1.807, 2.05) is 24.5 Å². The maximum atomic E-state index is 12.4. The maximum absolute atomic E-state index is 12.4. The molecule has 0 spiro atoms. The number of rotatable bonds is 6. The fraction of sp³-hybridized carbons (Fsp3) is 0.235. The number of hydrogen-bond acceptors (Lipinski definition) is 4. The van der Waals surface area contributed by atoms with Gasteiger partial charge in [-0.25, -0.2) is 8.42 Å². The monoisotopic (exact) mass is 398 g/mol. The Morgan fingerprint density at radius 2 is 1.92 bits per heavy atom. The van der Waals surface area contributed by atoms with Crippen molar-refractivity contribution < 1.29 is 13.2 Å². The van der Waals surface area contributed by atoms with Crippen molar-refractivity contribution in [2.45, 2.75) is 11.8 Å². The second-order valence-electron chi connectivity index (χ2n) is 5.43. The number of carbonyl (C=O) groups excluding carboxylic acids is 1. The van der Waals surface area contributed by atoms with Gasteiger partial charge in [0.05, 0.1) is 11.9 Å². The molecule has 2 aromatic rings. The van der Waals surface area contributed by atoms with Crippen LogP contribution in [-0.2, 0) is 14.8 Å². The number of benzene rings is 2. The van der Waals surface area contributed by atoms with Gasteiger partial charge in [-0.2, -0.15) is 0 Å². The van der Waals surface area contributed by atoms with Crippen molar-refractivity contribution in [3.8, 4) is 0 Å². The van der Waals surface area contributed by atoms with Gasteiger partial charge in [0.1, 0.15) is 6.54 Å². The zero-order valence-electron chi connectivity index (χ0n) is 14.1. The van der Waals surface area contributed by atoms with Crippen LogP contribution in [0.15, 0.2) is 47.4 Å². The third kappa shape index (κ3) is 5.14. The smallest absolute Gasteiger partial charge is 0.245 e. The SMILES string of the molecule is CSc1cccc(NC(=O)CN(c2cccc(Cl)c2C)S(C)(=O)=O)c1. The Morgan fingerprint density at radius 1 is 1.24 bits per heavy atom. The molecule has 0 bridgehead atoms. The van der Waals surface area contributed by atoms with Crippen LogP contribution in [-0.4, -0.2) is 33.4 Å². The van der Waals surface area contributed by atoms with E-state index >= 15 is 0 Å². The molecular formula is C17H19ClN2O3S2. The molecule has 5 nitrogen and oxygen atoms in total. The Balaban J connectivity index is 2.25. The van der Waals surface area contributed by atoms with Gasteiger partial charge in [0.15, 0.2) is 0 Å². The van der Waals surface area contributed by atoms with Crippen molar-refractivity contribution >= 4 is 50.7 Å². The molecule has 0 saturated carbocycles. The number of sulfonamides is 1. The second-order valence-corrected chi connectivity index (χ2v) is 8.63. The van der Waals surface area contributed by atoms with Gasteiger partial charge >= 0.3 is 0 Å². The van der Waals surface area contributed by atoms with Crippen LogP contribution in [0, 0.1) is 6.92 Å². The van der Waals surface area contributed by atoms with E-state index < -0.39 is 15.9 Å². The van der Waals surface area contributed by atoms with Crippen molar-refractivity contribution in [1.82, 2.24) is 0 Å². The van der Waals surface area contributed by atoms with Gasteiger partial charge in [0, 0.05) is 15.6 Å². The molecule has 1 amide bonds. The average Bonchev–Trinajstić information content (AvgIpc) is 2.55. The molecule has 0 unspecified atom stereocenters. The molecule has 0 atom stereocenters. The first-order valence-corrected chi connectivity index (χ1v) is 10.8. The van der Waals surface area contributed by atoms with Crippen molar-refractivity contribution in [2.24, 2.45) is 0 Å². The highest BCUT2D eigenvalue weighted by atomic mass is 35.5. The molecule has 2 rings (SSSR count). The molecule has 0 aliphatic carbocycles. The van der Waals surface area contributed by atoms with E-state index in [0.29, 0.717) is 22.0 Å². The van der Waals surface area contributed by atoms with Crippen LogP contribution >= 0.6 is 23.4 Å². The van der Waals surface area contributed by atoms with Gasteiger partial charge in [-0.3, -0.25) is 9.10 Å². The highest BCUT2D eigenvalue weighted by Crippen LogP contribution is 2.28. The van der Waals surface area contributed by atoms with Crippen LogP contribution in [0.5, 0.6) is 0 Å². The summed E-state index contributed by atoms with van der Waals surface area (Å²) in [5.74, 6) is -0.428. The molecule has 2 aromatic carbocycles. The Morgan fingerprint density at radius 3 is 2.56 bits per heavy atom. The molecular weight excluding hydrogens is 380 g/mol. The highest BCUT2D eigenvalue weighted by Gasteiger charge is 2.23. The molecule has 8 heteroatoms. The van der Waals surface area contributed by atoms with E-state index in [-0.39, 0.29) is 6.54 Å². The molecule has 0 saturated heterocycles. The molecule has 134 valence electrons. The van der Waals surface area contributed by atoms with Crippen LogP contribution in [0.2, 0.25) is 5.02 Å². The summed E-state index contributed by atoms with van der Waals surface area (Å²) in [7, 11) is -3.65. The topological polar surface area (TPSA) is 66.5 Å². The molecule has 0 aromatic heterocycles. The zero-order chi connectivity index (χ0) is 18.6. The molecule has 0 aliphatic heterocycles. The van der Waals surface area contributed by atoms with Gasteiger partial charge in [-0.05, 0) is 49.1 Å². The van der Waals surface area contributed by atoms with Crippen LogP contribution in [0.4, 0.5) is 11.4 Å². The fourth-order valence-corrected chi connectivity index (χ4v) is 3.81. The Kier molecular flexibility index (Phi) is 6.37. The number of halogens is 1. The fourth-order valence-electron chi connectivity index (χ4n) is 2.28. The minimum Gasteiger partial charge on any atom is -0.324 e. The zero-order valence-corrected chi connectivity index (χ0v) is 16.5. The highest BCUT2D eigenvalue weighted by molar-refractivity contribution is 7.98. The van der Waals surface area contributed by atoms with Crippen molar-refractivity contribution in [2.75, 3.05) is 28.7 Å². The number of nitrogens with one attached hydrogen (secondary N) is 1. The molecule has 0 heterocycles. The predicted octanol–water partition coefficient (Wildman–Crippen LogP) is 3.78. The van der Waals surface area contributed by atoms with E-state index in [2.05, 4.69) is 5.32 Å². The van der Waals surface area contributed by atoms with Crippen molar-refractivity contribution in [3.05, 3.63) is 53.1 Å². The van der Waals surface area contributed by atoms with Crippen LogP contribution in [0.25, 0.3) is 0 Å². The van der Waals surface area contributed by atoms with Crippen molar-refractivity contribution in [3.63, 3.8) is 0 Å². The Hall–Kier alpha value is -1.70. The third-order valence-corrected chi connectivity index (χ3v) is 5.81. The van der Waals surface area contributed by atoms with Crippen molar-refractivity contribution in [1.29, 1.82) is 0 Å². The second kappa shape index (κ2) is 8.12. The average molecular weight is 399 g/mol. The van der Waals surface area contributed by atoms with Gasteiger partial charge in [0.25, 0.3) is 0 Å². The van der Waals surface area contributed by atoms with Gasteiger partial charge in [-0.15, -0.1) is 11.8 Å². The number of thioether (sulfide) groups is 1. The summed E-state index contributed by atoms with van der Waals surface area (Å²) in [4.78, 5) is 13.4. The van der Waals surface area contributed by atoms with Gasteiger partial charge < -0.3 is 5.32 Å². The van der Waals surface area contributed by atoms with E-state index in [9.17, 15) is 13.2 Å². The third-order valence-electron chi connectivity index (χ3n) is 3.55. The van der Waals surface area contributed by atoms with Crippen LogP contribution in [0.3, 0.4) is 0 Å². The van der Waals surface area contributed by atoms with E-state index in [1.54, 1.807) is 43.0 Å². The standard InChI is InChI=1S/C17H19ClN2O3S2/c1-12-15(18)8-5-9-16(12)20(25(3,22)23)11-17(21)19-13-6-4-7-14(10-13)24-2/h4-10H,11H2,1-3H3,(H,19,21). The summed E-state index contributed by atoms with van der Waals surface area (Å²) >= 11 is 7.64. The summed E-state index contributed by atoms with van der Waals surface area (Å²) in [6, 6.07) is 12.3. The Labute approximate surface area is 157 Å². The summed E-state index contributed by atoms with van der Waals surface area (Å²) in [5.41, 5.74) is 1.61. The lowest BCUT2D eigenvalue weighted by Gasteiger charge is -2.24. The molecule has 1 N–H and O–H groups in total. The Bertz CT molecular complexity index is 885. The van der Waals surface area contributed by atoms with Crippen LogP contribution in [0.1, 0.15) is 5.56 Å². The number of amides is 1. The lowest BCUT2D eigenvalue weighted by molar-refractivity contribution is -0.114. The summed E-state index contributed by atoms with van der Waals surface area (Å²) < 4.78 is 25.4. The summed E-state index contributed by atoms with van der Waals surface area (Å²) in [6.07, 6.45) is 3.00. The van der Waals surface area contributed by atoms with Gasteiger partial charge in [0.2, 0.25) is 15.9 Å². The number of nitrogens with zero attached hydrogens (tertiary/aromatic N) is 1. The number of carbonyl (C=O) groups is 1. The summed E-state index contributed by atoms with van der Waals surface area (Å²) in [5, 5.41) is 3.18. The molecule has 0 aliphatic rings. The minimum atomic E-state index is -3.65.